The summed E-state index contributed by atoms with van der Waals surface area (Å²) in [5, 5.41) is 14.4. The van der Waals surface area contributed by atoms with Gasteiger partial charge in [0.15, 0.2) is 0 Å². The smallest absolute Gasteiger partial charge is 0.273 e. The van der Waals surface area contributed by atoms with Crippen LogP contribution < -0.4 is 5.32 Å². The Morgan fingerprint density at radius 1 is 1.16 bits per heavy atom. The van der Waals surface area contributed by atoms with Crippen molar-refractivity contribution < 1.29 is 14.5 Å². The van der Waals surface area contributed by atoms with Crippen LogP contribution in [0.5, 0.6) is 0 Å². The summed E-state index contributed by atoms with van der Waals surface area (Å²) in [6.07, 6.45) is 3.95. The third-order valence-electron chi connectivity index (χ3n) is 5.67. The molecule has 1 saturated carbocycles. The number of halogens is 1. The van der Waals surface area contributed by atoms with Crippen molar-refractivity contribution in [1.82, 2.24) is 10.2 Å². The lowest BCUT2D eigenvalue weighted by molar-refractivity contribution is -0.385. The normalized spacial score (nSPS) is 14.8. The van der Waals surface area contributed by atoms with Crippen molar-refractivity contribution in [3.05, 3.63) is 74.2 Å². The van der Waals surface area contributed by atoms with Crippen LogP contribution in [-0.4, -0.2) is 33.7 Å². The van der Waals surface area contributed by atoms with Gasteiger partial charge < -0.3 is 10.2 Å². The zero-order valence-corrected chi connectivity index (χ0v) is 19.0. The average Bonchev–Trinajstić information content (AvgIpc) is 3.26. The Bertz CT molecular complexity index is 942. The number of carbonyl (C=O) groups excluding carboxylic acids is 2. The summed E-state index contributed by atoms with van der Waals surface area (Å²) in [4.78, 5) is 38.5. The van der Waals surface area contributed by atoms with Gasteiger partial charge in [-0.05, 0) is 37.5 Å². The second-order valence-corrected chi connectivity index (χ2v) is 8.79. The summed E-state index contributed by atoms with van der Waals surface area (Å²) in [7, 11) is 0. The second kappa shape index (κ2) is 10.5. The predicted octanol–water partition coefficient (Wildman–Crippen LogP) is 4.38. The van der Waals surface area contributed by atoms with E-state index in [1.165, 1.54) is 11.0 Å². The average molecular weight is 488 g/mol. The fourth-order valence-corrected chi connectivity index (χ4v) is 4.13. The molecular formula is C23H26BrN3O4. The lowest BCUT2D eigenvalue weighted by atomic mass is 10.1. The van der Waals surface area contributed by atoms with E-state index in [0.717, 1.165) is 35.7 Å². The molecule has 1 N–H and O–H groups in total. The molecule has 2 aromatic carbocycles. The summed E-state index contributed by atoms with van der Waals surface area (Å²) in [5.41, 5.74) is 1.11. The van der Waals surface area contributed by atoms with Crippen molar-refractivity contribution in [3.63, 3.8) is 0 Å². The third kappa shape index (κ3) is 6.13. The summed E-state index contributed by atoms with van der Waals surface area (Å²) in [5.74, 6) is -0.522. The number of hydrogen-bond donors (Lipinski definition) is 1. The van der Waals surface area contributed by atoms with Crippen molar-refractivity contribution in [2.45, 2.75) is 57.7 Å². The van der Waals surface area contributed by atoms with Crippen LogP contribution in [0.2, 0.25) is 0 Å². The number of nitrogens with one attached hydrogen (secondary N) is 1. The molecule has 0 radical (unpaired) electrons. The van der Waals surface area contributed by atoms with E-state index < -0.39 is 11.0 Å². The number of nitrogens with zero attached hydrogens (tertiary/aromatic N) is 2. The molecule has 0 unspecified atom stereocenters. The molecule has 2 aromatic rings. The molecule has 0 saturated heterocycles. The van der Waals surface area contributed by atoms with Crippen LogP contribution in [-0.2, 0) is 22.6 Å². The first-order valence-electron chi connectivity index (χ1n) is 10.4. The highest BCUT2D eigenvalue weighted by Gasteiger charge is 2.29. The van der Waals surface area contributed by atoms with Crippen molar-refractivity contribution in [3.8, 4) is 0 Å². The fraction of sp³-hybridized carbons (Fsp3) is 0.391. The maximum atomic E-state index is 13.3. The molecule has 0 bridgehead atoms. The molecule has 0 heterocycles. The minimum absolute atomic E-state index is 0.0949. The highest BCUT2D eigenvalue weighted by atomic mass is 79.9. The van der Waals surface area contributed by atoms with Gasteiger partial charge in [0.25, 0.3) is 5.69 Å². The molecule has 7 nitrogen and oxygen atoms in total. The van der Waals surface area contributed by atoms with Gasteiger partial charge >= 0.3 is 0 Å². The first-order valence-corrected chi connectivity index (χ1v) is 11.2. The van der Waals surface area contributed by atoms with E-state index in [1.807, 2.05) is 24.3 Å². The maximum Gasteiger partial charge on any atom is 0.273 e. The molecule has 1 fully saturated rings. The van der Waals surface area contributed by atoms with Gasteiger partial charge in [-0.15, -0.1) is 0 Å². The molecule has 0 aromatic heterocycles. The quantitative estimate of drug-likeness (QED) is 0.441. The van der Waals surface area contributed by atoms with E-state index >= 15 is 0 Å². The Balaban J connectivity index is 1.81. The molecule has 164 valence electrons. The molecule has 3 rings (SSSR count). The summed E-state index contributed by atoms with van der Waals surface area (Å²) < 4.78 is 0.918. The number of amides is 2. The largest absolute Gasteiger partial charge is 0.352 e. The molecule has 8 heteroatoms. The SMILES string of the molecule is C[C@@H](C(=O)NC1CCCC1)N(Cc1ccc(Br)cc1)C(=O)Cc1ccccc1[N+](=O)[O-]. The maximum absolute atomic E-state index is 13.3. The van der Waals surface area contributed by atoms with Crippen LogP contribution >= 0.6 is 15.9 Å². The Labute approximate surface area is 190 Å². The zero-order chi connectivity index (χ0) is 22.4. The van der Waals surface area contributed by atoms with E-state index in [1.54, 1.807) is 25.1 Å². The van der Waals surface area contributed by atoms with E-state index in [0.29, 0.717) is 5.56 Å². The minimum atomic E-state index is -0.695. The van der Waals surface area contributed by atoms with Crippen molar-refractivity contribution in [1.29, 1.82) is 0 Å². The van der Waals surface area contributed by atoms with Gasteiger partial charge in [-0.3, -0.25) is 19.7 Å². The Morgan fingerprint density at radius 2 is 1.81 bits per heavy atom. The zero-order valence-electron chi connectivity index (χ0n) is 17.4. The molecular weight excluding hydrogens is 462 g/mol. The molecule has 0 spiro atoms. The first-order chi connectivity index (χ1) is 14.8. The number of hydrogen-bond acceptors (Lipinski definition) is 4. The number of nitro groups is 1. The monoisotopic (exact) mass is 487 g/mol. The van der Waals surface area contributed by atoms with Gasteiger partial charge in [0.1, 0.15) is 6.04 Å². The minimum Gasteiger partial charge on any atom is -0.352 e. The van der Waals surface area contributed by atoms with Crippen LogP contribution in [0.4, 0.5) is 5.69 Å². The summed E-state index contributed by atoms with van der Waals surface area (Å²) in [6.45, 7) is 1.95. The predicted molar refractivity (Wildman–Crippen MR) is 121 cm³/mol. The molecule has 2 amide bonds. The highest BCUT2D eigenvalue weighted by molar-refractivity contribution is 9.10. The molecule has 31 heavy (non-hydrogen) atoms. The summed E-state index contributed by atoms with van der Waals surface area (Å²) >= 11 is 3.40. The van der Waals surface area contributed by atoms with Gasteiger partial charge in [-0.2, -0.15) is 0 Å². The van der Waals surface area contributed by atoms with E-state index in [-0.39, 0.29) is 36.5 Å². The van der Waals surface area contributed by atoms with E-state index in [2.05, 4.69) is 21.2 Å². The second-order valence-electron chi connectivity index (χ2n) is 7.88. The van der Waals surface area contributed by atoms with Crippen LogP contribution in [0, 0.1) is 10.1 Å². The van der Waals surface area contributed by atoms with Crippen LogP contribution in [0.3, 0.4) is 0 Å². The topological polar surface area (TPSA) is 92.6 Å². The van der Waals surface area contributed by atoms with E-state index in [4.69, 9.17) is 0 Å². The molecule has 1 atom stereocenters. The van der Waals surface area contributed by atoms with Gasteiger partial charge in [-0.25, -0.2) is 0 Å². The van der Waals surface area contributed by atoms with Crippen LogP contribution in [0.15, 0.2) is 53.0 Å². The van der Waals surface area contributed by atoms with Crippen molar-refractivity contribution in [2.24, 2.45) is 0 Å². The lowest BCUT2D eigenvalue weighted by Gasteiger charge is -2.30. The molecule has 0 aliphatic heterocycles. The first kappa shape index (κ1) is 22.9. The van der Waals surface area contributed by atoms with Gasteiger partial charge in [-0.1, -0.05) is 59.1 Å². The standard InChI is InChI=1S/C23H26BrN3O4/c1-16(23(29)25-20-7-3-4-8-20)26(15-17-10-12-19(24)13-11-17)22(28)14-18-6-2-5-9-21(18)27(30)31/h2,5-6,9-13,16,20H,3-4,7-8,14-15H2,1H3,(H,25,29)/t16-/m0/s1. The Morgan fingerprint density at radius 3 is 2.45 bits per heavy atom. The number of benzene rings is 2. The van der Waals surface area contributed by atoms with Crippen molar-refractivity contribution in [2.75, 3.05) is 0 Å². The van der Waals surface area contributed by atoms with Crippen molar-refractivity contribution >= 4 is 33.4 Å². The Kier molecular flexibility index (Phi) is 7.79. The van der Waals surface area contributed by atoms with Crippen LogP contribution in [0.1, 0.15) is 43.7 Å². The number of para-hydroxylation sites is 1. The highest BCUT2D eigenvalue weighted by Crippen LogP contribution is 2.22. The number of nitro benzene ring substituents is 1. The third-order valence-corrected chi connectivity index (χ3v) is 6.19. The number of rotatable bonds is 8. The van der Waals surface area contributed by atoms with Gasteiger partial charge in [0.2, 0.25) is 11.8 Å². The summed E-state index contributed by atoms with van der Waals surface area (Å²) in [6, 6.07) is 13.2. The fourth-order valence-electron chi connectivity index (χ4n) is 3.86. The molecule has 1 aliphatic carbocycles. The van der Waals surface area contributed by atoms with Crippen LogP contribution in [0.25, 0.3) is 0 Å². The Hall–Kier alpha value is -2.74. The van der Waals surface area contributed by atoms with E-state index in [9.17, 15) is 19.7 Å². The molecule has 1 aliphatic rings. The van der Waals surface area contributed by atoms with Gasteiger partial charge in [0.05, 0.1) is 11.3 Å². The van der Waals surface area contributed by atoms with Gasteiger partial charge in [0, 0.05) is 28.7 Å². The lowest BCUT2D eigenvalue weighted by Crippen LogP contribution is -2.50. The number of carbonyl (C=O) groups is 2.